The lowest BCUT2D eigenvalue weighted by Crippen LogP contribution is -1.85. The van der Waals surface area contributed by atoms with Gasteiger partial charge in [0.2, 0.25) is 0 Å². The van der Waals surface area contributed by atoms with Crippen molar-refractivity contribution >= 4 is 33.4 Å². The van der Waals surface area contributed by atoms with Gasteiger partial charge in [0.1, 0.15) is 5.69 Å². The van der Waals surface area contributed by atoms with Crippen molar-refractivity contribution in [1.29, 1.82) is 0 Å². The third kappa shape index (κ3) is 2.69. The van der Waals surface area contributed by atoms with Gasteiger partial charge < -0.3 is 4.98 Å². The zero-order chi connectivity index (χ0) is 20.1. The number of aromatic amines is 2. The molecule has 0 bridgehead atoms. The van der Waals surface area contributed by atoms with Gasteiger partial charge >= 0.3 is 0 Å². The molecular formula is C22H15N7S. The number of nitrogens with one attached hydrogen (secondary N) is 2. The van der Waals surface area contributed by atoms with Crippen LogP contribution in [0.5, 0.6) is 0 Å². The number of H-pyrrole nitrogens is 2. The van der Waals surface area contributed by atoms with E-state index in [1.165, 1.54) is 9.75 Å². The summed E-state index contributed by atoms with van der Waals surface area (Å²) in [4.78, 5) is 23.8. The topological polar surface area (TPSA) is 96.0 Å². The smallest absolute Gasteiger partial charge is 0.178 e. The normalized spacial score (nSPS) is 11.5. The average molecular weight is 409 g/mol. The number of pyridine rings is 3. The summed E-state index contributed by atoms with van der Waals surface area (Å²) in [5.74, 6) is 0.674. The maximum absolute atomic E-state index is 4.72. The Hall–Kier alpha value is -3.91. The predicted octanol–water partition coefficient (Wildman–Crippen LogP) is 5.00. The maximum atomic E-state index is 4.72. The Morgan fingerprint density at radius 3 is 2.80 bits per heavy atom. The fourth-order valence-electron chi connectivity index (χ4n) is 3.58. The van der Waals surface area contributed by atoms with Gasteiger partial charge in [-0.15, -0.1) is 11.3 Å². The lowest BCUT2D eigenvalue weighted by atomic mass is 10.1. The van der Waals surface area contributed by atoms with E-state index in [0.29, 0.717) is 11.5 Å². The summed E-state index contributed by atoms with van der Waals surface area (Å²) in [5, 5.41) is 8.50. The minimum Gasteiger partial charge on any atom is -0.335 e. The molecule has 0 spiro atoms. The molecule has 0 aliphatic heterocycles. The highest BCUT2D eigenvalue weighted by Gasteiger charge is 2.17. The van der Waals surface area contributed by atoms with Gasteiger partial charge in [-0.05, 0) is 43.3 Å². The molecule has 0 radical (unpaired) electrons. The first-order valence-corrected chi connectivity index (χ1v) is 10.2. The van der Waals surface area contributed by atoms with E-state index in [1.807, 2.05) is 24.3 Å². The second kappa shape index (κ2) is 6.57. The summed E-state index contributed by atoms with van der Waals surface area (Å²) in [6.45, 7) is 2.11. The minimum atomic E-state index is 0.672. The van der Waals surface area contributed by atoms with Crippen LogP contribution < -0.4 is 0 Å². The highest BCUT2D eigenvalue weighted by atomic mass is 32.1. The summed E-state index contributed by atoms with van der Waals surface area (Å²) >= 11 is 1.75. The lowest BCUT2D eigenvalue weighted by molar-refractivity contribution is 1.10. The van der Waals surface area contributed by atoms with Crippen molar-refractivity contribution in [1.82, 2.24) is 35.1 Å². The first kappa shape index (κ1) is 17.0. The average Bonchev–Trinajstić information content (AvgIpc) is 3.51. The molecule has 0 saturated carbocycles. The van der Waals surface area contributed by atoms with Crippen LogP contribution in [0.25, 0.3) is 55.3 Å². The highest BCUT2D eigenvalue weighted by Crippen LogP contribution is 2.34. The Morgan fingerprint density at radius 2 is 1.97 bits per heavy atom. The summed E-state index contributed by atoms with van der Waals surface area (Å²) in [6.07, 6.45) is 7.13. The Labute approximate surface area is 174 Å². The molecule has 0 atom stereocenters. The predicted molar refractivity (Wildman–Crippen MR) is 118 cm³/mol. The van der Waals surface area contributed by atoms with Crippen LogP contribution in [0.1, 0.15) is 4.88 Å². The largest absolute Gasteiger partial charge is 0.335 e. The molecule has 0 aromatic carbocycles. The third-order valence-electron chi connectivity index (χ3n) is 5.03. The lowest BCUT2D eigenvalue weighted by Gasteiger charge is -2.00. The number of hydrogen-bond donors (Lipinski definition) is 2. The van der Waals surface area contributed by atoms with Crippen molar-refractivity contribution in [2.24, 2.45) is 0 Å². The van der Waals surface area contributed by atoms with Crippen LogP contribution in [0, 0.1) is 6.92 Å². The van der Waals surface area contributed by atoms with Crippen LogP contribution >= 0.6 is 11.3 Å². The number of rotatable bonds is 3. The summed E-state index contributed by atoms with van der Waals surface area (Å²) in [5.41, 5.74) is 6.05. The number of aromatic nitrogens is 7. The molecular weight excluding hydrogens is 394 g/mol. The summed E-state index contributed by atoms with van der Waals surface area (Å²) in [6, 6.07) is 12.2. The molecule has 0 aliphatic rings. The minimum absolute atomic E-state index is 0.672. The van der Waals surface area contributed by atoms with E-state index >= 15 is 0 Å². The Morgan fingerprint density at radius 1 is 1.00 bits per heavy atom. The molecule has 8 heteroatoms. The quantitative estimate of drug-likeness (QED) is 0.429. The molecule has 30 heavy (non-hydrogen) atoms. The van der Waals surface area contributed by atoms with Crippen molar-refractivity contribution in [2.75, 3.05) is 0 Å². The fourth-order valence-corrected chi connectivity index (χ4v) is 4.48. The van der Waals surface area contributed by atoms with E-state index < -0.39 is 0 Å². The van der Waals surface area contributed by atoms with Gasteiger partial charge in [0, 0.05) is 44.9 Å². The molecule has 144 valence electrons. The molecule has 0 saturated heterocycles. The number of thiophene rings is 1. The summed E-state index contributed by atoms with van der Waals surface area (Å²) in [7, 11) is 0. The van der Waals surface area contributed by atoms with Crippen LogP contribution in [0.3, 0.4) is 0 Å². The van der Waals surface area contributed by atoms with E-state index in [4.69, 9.17) is 4.98 Å². The Balaban J connectivity index is 1.52. The van der Waals surface area contributed by atoms with Crippen molar-refractivity contribution in [3.8, 4) is 33.2 Å². The van der Waals surface area contributed by atoms with Gasteiger partial charge in [-0.3, -0.25) is 15.1 Å². The maximum Gasteiger partial charge on any atom is 0.178 e. The Bertz CT molecular complexity index is 1510. The van der Waals surface area contributed by atoms with Gasteiger partial charge in [0.15, 0.2) is 11.5 Å². The molecule has 7 nitrogen and oxygen atoms in total. The van der Waals surface area contributed by atoms with Gasteiger partial charge in [-0.25, -0.2) is 9.97 Å². The van der Waals surface area contributed by atoms with Gasteiger partial charge in [-0.2, -0.15) is 5.10 Å². The van der Waals surface area contributed by atoms with Crippen LogP contribution in [0.4, 0.5) is 0 Å². The molecule has 6 aromatic rings. The standard InChI is InChI=1S/C22H15N7S/c1-12-4-5-18(30-12)14-6-8-24-21-19(14)26-22(27-21)20-15-9-16(13-3-2-7-23-10-13)25-11-17(15)28-29-20/h2-11H,1H3,(H,28,29)(H,24,26,27). The van der Waals surface area contributed by atoms with Crippen LogP contribution in [-0.2, 0) is 0 Å². The molecule has 6 aromatic heterocycles. The van der Waals surface area contributed by atoms with Crippen molar-refractivity contribution < 1.29 is 0 Å². The number of aryl methyl sites for hydroxylation is 1. The van der Waals surface area contributed by atoms with Crippen molar-refractivity contribution in [3.63, 3.8) is 0 Å². The molecule has 0 fully saturated rings. The van der Waals surface area contributed by atoms with Gasteiger partial charge in [-0.1, -0.05) is 0 Å². The van der Waals surface area contributed by atoms with E-state index in [1.54, 1.807) is 36.1 Å². The van der Waals surface area contributed by atoms with Gasteiger partial charge in [0.25, 0.3) is 0 Å². The second-order valence-electron chi connectivity index (χ2n) is 6.98. The SMILES string of the molecule is Cc1ccc(-c2ccnc3nc(-c4n[nH]c5cnc(-c6cccnc6)cc45)[nH]c23)s1. The monoisotopic (exact) mass is 409 g/mol. The third-order valence-corrected chi connectivity index (χ3v) is 6.06. The van der Waals surface area contributed by atoms with Crippen molar-refractivity contribution in [2.45, 2.75) is 6.92 Å². The van der Waals surface area contributed by atoms with E-state index in [2.05, 4.69) is 49.2 Å². The summed E-state index contributed by atoms with van der Waals surface area (Å²) < 4.78 is 0. The molecule has 2 N–H and O–H groups in total. The van der Waals surface area contributed by atoms with E-state index in [-0.39, 0.29) is 0 Å². The highest BCUT2D eigenvalue weighted by molar-refractivity contribution is 7.15. The first-order chi connectivity index (χ1) is 14.8. The molecule has 6 rings (SSSR count). The van der Waals surface area contributed by atoms with Crippen LogP contribution in [0.15, 0.2) is 61.2 Å². The zero-order valence-corrected chi connectivity index (χ0v) is 16.7. The second-order valence-corrected chi connectivity index (χ2v) is 8.27. The number of hydrogen-bond acceptors (Lipinski definition) is 6. The van der Waals surface area contributed by atoms with E-state index in [0.717, 1.165) is 38.9 Å². The molecule has 0 aliphatic carbocycles. The molecule has 0 unspecified atom stereocenters. The number of imidazole rings is 1. The molecule has 6 heterocycles. The Kier molecular flexibility index (Phi) is 3.72. The van der Waals surface area contributed by atoms with E-state index in [9.17, 15) is 0 Å². The molecule has 0 amide bonds. The van der Waals surface area contributed by atoms with Crippen molar-refractivity contribution in [3.05, 3.63) is 66.1 Å². The number of nitrogens with zero attached hydrogens (tertiary/aromatic N) is 5. The fraction of sp³-hybridized carbons (Fsp3) is 0.0455. The first-order valence-electron chi connectivity index (χ1n) is 9.43. The van der Waals surface area contributed by atoms with Gasteiger partial charge in [0.05, 0.1) is 22.9 Å². The van der Waals surface area contributed by atoms with Crippen LogP contribution in [0.2, 0.25) is 0 Å². The van der Waals surface area contributed by atoms with Crippen LogP contribution in [-0.4, -0.2) is 35.1 Å². The number of fused-ring (bicyclic) bond motifs is 2. The zero-order valence-electron chi connectivity index (χ0n) is 15.9.